The second-order valence-corrected chi connectivity index (χ2v) is 44.4. The van der Waals surface area contributed by atoms with Crippen molar-refractivity contribution in [2.45, 2.75) is 122 Å². The standard InChI is InChI=1S/C28H20O.C27H27BO3.C27H20N2O2.C21H15ClO.C18H15P.C6H4BrNO2.H2O/c1-28(2)23-12-11-20-19-9-5-6-10-25(19)29-27(20)26(23)22-14-17-13-16-7-3-4-8-18(16)21(17)15-24(22)28;1-25(2)20-14-13-18-17-9-7-8-10-22(17)29-24(18)23(20)19-12-11-16(15-21(19)25)28-30-26(3,4)27(5,6)31-28;1-27(2)21-14-13-19-18-8-4-6-10-24(18)31-26(19)25(21)20-12-11-16(15-22(20)27)17-7-3-5-9-23(17)28-29-30;1-21(2)16-10-9-14-13-5-3-4-6-18(13)23-20(14)19(16)15-8-7-12(22)11-17(15)21;1-4-10-16(11-5-1)19(17-12-6-2-7-13-17)18-14-8-3-9-15-18;7-5-3-1-2-4-6(5)8(9)10;/h3-12,14-15H,13H2,1-2H3;7-15H,1-6H3;3-15H,1-2H3,(H,28,30);3-11H,1-2H3;1-15H;1-4H;1H2. The molecule has 18 aromatic carbocycles. The van der Waals surface area contributed by atoms with Crippen molar-refractivity contribution in [3.8, 4) is 66.8 Å². The van der Waals surface area contributed by atoms with Gasteiger partial charge in [0, 0.05) is 104 Å². The van der Waals surface area contributed by atoms with Gasteiger partial charge in [0.15, 0.2) is 0 Å². The van der Waals surface area contributed by atoms with Gasteiger partial charge in [0.2, 0.25) is 0 Å². The minimum atomic E-state index is -0.446. The summed E-state index contributed by atoms with van der Waals surface area (Å²) in [6.07, 6.45) is 1.02. The molecule has 144 heavy (non-hydrogen) atoms. The van der Waals surface area contributed by atoms with Crippen molar-refractivity contribution in [1.29, 1.82) is 0 Å². The van der Waals surface area contributed by atoms with Gasteiger partial charge in [0.05, 0.1) is 31.6 Å². The maximum Gasteiger partial charge on any atom is 0.494 e. The minimum absolute atomic E-state index is 0. The third-order valence-electron chi connectivity index (χ3n) is 30.7. The van der Waals surface area contributed by atoms with Crippen LogP contribution in [0.1, 0.15) is 139 Å². The average molecular weight is 1990 g/mol. The van der Waals surface area contributed by atoms with Crippen molar-refractivity contribution in [1.82, 2.24) is 0 Å². The molecule has 0 bridgehead atoms. The molecule has 6 aliphatic rings. The van der Waals surface area contributed by atoms with Gasteiger partial charge in [0.25, 0.3) is 5.69 Å². The second-order valence-electron chi connectivity index (χ2n) is 40.9. The number of furan rings is 4. The van der Waals surface area contributed by atoms with E-state index in [2.05, 4.69) is 383 Å². The highest BCUT2D eigenvalue weighted by Gasteiger charge is 2.53. The zero-order valence-electron chi connectivity index (χ0n) is 81.9. The number of nitrogens with one attached hydrogen (secondary N) is 1. The Hall–Kier alpha value is -14.9. The fraction of sp³-hybridized carbons (Fsp3) is 0.150. The van der Waals surface area contributed by atoms with Crippen LogP contribution in [0.25, 0.3) is 155 Å². The zero-order chi connectivity index (χ0) is 98.5. The van der Waals surface area contributed by atoms with Gasteiger partial charge in [-0.3, -0.25) is 10.1 Å². The molecule has 17 heteroatoms. The third-order valence-corrected chi connectivity index (χ3v) is 34.0. The monoisotopic (exact) mass is 1990 g/mol. The average Bonchev–Trinajstić information content (AvgIpc) is 1.51. The Kier molecular flexibility index (Phi) is 23.6. The third kappa shape index (κ3) is 15.7. The van der Waals surface area contributed by atoms with Gasteiger partial charge in [-0.1, -0.05) is 370 Å². The van der Waals surface area contributed by atoms with E-state index >= 15 is 0 Å². The van der Waals surface area contributed by atoms with Crippen LogP contribution in [0.5, 0.6) is 0 Å². The number of rotatable bonds is 8. The fourth-order valence-electron chi connectivity index (χ4n) is 22.6. The number of nitrogens with zero attached hydrogens (tertiary/aromatic N) is 2. The molecular formula is C127H103BBrClN3O10P. The lowest BCUT2D eigenvalue weighted by atomic mass is 9.74. The maximum absolute atomic E-state index is 10.8. The van der Waals surface area contributed by atoms with E-state index in [-0.39, 0.29) is 51.1 Å². The molecule has 1 aliphatic heterocycles. The van der Waals surface area contributed by atoms with E-state index in [1.54, 1.807) is 18.2 Å². The summed E-state index contributed by atoms with van der Waals surface area (Å²) in [4.78, 5) is 20.6. The molecule has 13 nitrogen and oxygen atoms in total. The Bertz CT molecular complexity index is 8810. The van der Waals surface area contributed by atoms with Crippen LogP contribution in [0.3, 0.4) is 0 Å². The van der Waals surface area contributed by atoms with E-state index in [1.807, 2.05) is 78.9 Å². The summed E-state index contributed by atoms with van der Waals surface area (Å²) < 4.78 is 38.6. The first kappa shape index (κ1) is 94.0. The fourth-order valence-corrected chi connectivity index (χ4v) is 25.5. The first-order chi connectivity index (χ1) is 69.1. The van der Waals surface area contributed by atoms with Crippen molar-refractivity contribution in [3.05, 3.63) is 456 Å². The van der Waals surface area contributed by atoms with E-state index in [4.69, 9.17) is 38.6 Å². The summed E-state index contributed by atoms with van der Waals surface area (Å²) in [6, 6.07) is 131. The van der Waals surface area contributed by atoms with Crippen molar-refractivity contribution in [2.75, 3.05) is 5.43 Å². The topological polar surface area (TPSA) is 187 Å². The van der Waals surface area contributed by atoms with Crippen LogP contribution < -0.4 is 26.8 Å². The molecule has 5 heterocycles. The molecule has 28 rings (SSSR count). The molecule has 0 saturated carbocycles. The van der Waals surface area contributed by atoms with E-state index in [1.165, 1.54) is 166 Å². The maximum atomic E-state index is 10.8. The molecule has 0 radical (unpaired) electrons. The molecule has 0 spiro atoms. The first-order valence-corrected chi connectivity index (χ1v) is 51.1. The van der Waals surface area contributed by atoms with Crippen LogP contribution >= 0.6 is 35.5 Å². The zero-order valence-corrected chi connectivity index (χ0v) is 85.1. The number of nitroso groups, excluding NO2 is 1. The summed E-state index contributed by atoms with van der Waals surface area (Å²) in [5.74, 6) is 0. The Morgan fingerprint density at radius 2 is 0.701 bits per heavy atom. The molecule has 4 aromatic heterocycles. The van der Waals surface area contributed by atoms with Gasteiger partial charge in [-0.25, -0.2) is 5.43 Å². The van der Waals surface area contributed by atoms with Crippen LogP contribution in [0, 0.1) is 15.0 Å². The van der Waals surface area contributed by atoms with E-state index in [9.17, 15) is 15.0 Å². The number of nitro groups is 1. The molecule has 0 atom stereocenters. The Balaban J connectivity index is 0.000000101. The number of hydrogen-bond donors (Lipinski definition) is 1. The summed E-state index contributed by atoms with van der Waals surface area (Å²) in [5.41, 5.74) is 39.1. The van der Waals surface area contributed by atoms with Crippen molar-refractivity contribution in [2.24, 2.45) is 5.29 Å². The summed E-state index contributed by atoms with van der Waals surface area (Å²) in [6.45, 7) is 26.7. The van der Waals surface area contributed by atoms with E-state index < -0.39 is 12.8 Å². The summed E-state index contributed by atoms with van der Waals surface area (Å²) >= 11 is 9.31. The van der Waals surface area contributed by atoms with Crippen LogP contribution in [-0.4, -0.2) is 28.7 Å². The lowest BCUT2D eigenvalue weighted by Gasteiger charge is -2.32. The highest BCUT2D eigenvalue weighted by Crippen LogP contribution is 2.60. The van der Waals surface area contributed by atoms with Crippen molar-refractivity contribution >= 4 is 163 Å². The molecular weight excluding hydrogens is 1880 g/mol. The van der Waals surface area contributed by atoms with Crippen LogP contribution in [0.2, 0.25) is 5.02 Å². The number of benzene rings is 18. The van der Waals surface area contributed by atoms with Crippen LogP contribution in [0.15, 0.2) is 404 Å². The van der Waals surface area contributed by atoms with Gasteiger partial charge in [-0.05, 0) is 241 Å². The Labute approximate surface area is 850 Å². The number of halogens is 2. The second kappa shape index (κ2) is 36.2. The van der Waals surface area contributed by atoms with Crippen LogP contribution in [0.4, 0.5) is 11.4 Å². The number of anilines is 1. The highest BCUT2D eigenvalue weighted by atomic mass is 79.9. The van der Waals surface area contributed by atoms with Crippen molar-refractivity contribution < 1.29 is 37.4 Å². The molecule has 0 amide bonds. The first-order valence-electron chi connectivity index (χ1n) is 48.6. The highest BCUT2D eigenvalue weighted by molar-refractivity contribution is 9.10. The minimum Gasteiger partial charge on any atom is -0.455 e. The molecule has 1 fully saturated rings. The molecule has 0 unspecified atom stereocenters. The lowest BCUT2D eigenvalue weighted by Crippen LogP contribution is -2.41. The number of nitro benzene ring substituents is 1. The molecule has 708 valence electrons. The van der Waals surface area contributed by atoms with Crippen molar-refractivity contribution in [3.63, 3.8) is 0 Å². The quantitative estimate of drug-likeness (QED) is 0.0504. The predicted octanol–water partition coefficient (Wildman–Crippen LogP) is 32.8. The summed E-state index contributed by atoms with van der Waals surface area (Å²) in [7, 11) is -0.806. The number of hydrogen-bond acceptors (Lipinski definition) is 10. The molecule has 5 aliphatic carbocycles. The van der Waals surface area contributed by atoms with Gasteiger partial charge in [-0.15, -0.1) is 4.91 Å². The predicted molar refractivity (Wildman–Crippen MR) is 599 cm³/mol. The summed E-state index contributed by atoms with van der Waals surface area (Å²) in [5, 5.41) is 27.4. The van der Waals surface area contributed by atoms with Gasteiger partial charge in [0.1, 0.15) is 44.7 Å². The Morgan fingerprint density at radius 1 is 0.340 bits per heavy atom. The smallest absolute Gasteiger partial charge is 0.455 e. The lowest BCUT2D eigenvalue weighted by molar-refractivity contribution is -0.385. The largest absolute Gasteiger partial charge is 0.494 e. The number of fused-ring (bicyclic) bond motifs is 31. The SMILES string of the molecule is CC1(C)c2cc(-c3ccccc3NN=O)ccc2-c2c1ccc1c2oc2ccccc21.CC1(C)c2cc(B3OC(C)(C)C(C)(C)O3)ccc2-c2c1ccc1c2oc2ccccc21.CC1(C)c2cc(Cl)ccc2-c2c1ccc1c2oc2ccccc21.CC1(C)c2cc3c(cc2-c2c1ccc1c2oc2ccccc21)Cc1ccccc1-3.O.O=[N+]([O-])c1ccccc1Br.c1ccc(P(c2ccccc2)c2ccccc2)cc1. The van der Waals surface area contributed by atoms with Gasteiger partial charge in [-0.2, -0.15) is 0 Å². The Morgan fingerprint density at radius 3 is 1.13 bits per heavy atom. The van der Waals surface area contributed by atoms with Gasteiger partial charge >= 0.3 is 7.12 Å². The van der Waals surface area contributed by atoms with E-state index in [0.717, 1.165) is 83.5 Å². The van der Waals surface area contributed by atoms with E-state index in [0.29, 0.717) is 10.2 Å². The number of para-hydroxylation sites is 6. The normalized spacial score (nSPS) is 14.9. The van der Waals surface area contributed by atoms with Gasteiger partial charge < -0.3 is 32.5 Å². The molecule has 3 N–H and O–H groups in total. The van der Waals surface area contributed by atoms with Crippen LogP contribution in [-0.2, 0) is 37.4 Å². The molecule has 22 aromatic rings. The molecule has 1 saturated heterocycles.